The van der Waals surface area contributed by atoms with Crippen molar-refractivity contribution < 1.29 is 18.3 Å². The van der Waals surface area contributed by atoms with E-state index in [-0.39, 0.29) is 19.0 Å². The van der Waals surface area contributed by atoms with Crippen LogP contribution in [-0.2, 0) is 0 Å². The van der Waals surface area contributed by atoms with Crippen molar-refractivity contribution in [3.63, 3.8) is 0 Å². The quantitative estimate of drug-likeness (QED) is 0.510. The first-order valence-electron chi connectivity index (χ1n) is 5.82. The molecule has 2 N–H and O–H groups in total. The Bertz CT molecular complexity index is 590. The molecule has 0 spiro atoms. The van der Waals surface area contributed by atoms with Crippen LogP contribution >= 0.6 is 15.9 Å². The summed E-state index contributed by atoms with van der Waals surface area (Å²) in [5.74, 6) is -1.50. The SMILES string of the molecule is Nc1ccc(OCCOc2cc(Br)cc(F)c2F)cc1. The second-order valence-electron chi connectivity index (χ2n) is 3.97. The predicted molar refractivity (Wildman–Crippen MR) is 75.9 cm³/mol. The van der Waals surface area contributed by atoms with E-state index in [1.165, 1.54) is 6.07 Å². The summed E-state index contributed by atoms with van der Waals surface area (Å²) in [7, 11) is 0. The molecule has 20 heavy (non-hydrogen) atoms. The number of ether oxygens (including phenoxy) is 2. The Morgan fingerprint density at radius 2 is 1.65 bits per heavy atom. The highest BCUT2D eigenvalue weighted by Gasteiger charge is 2.11. The Labute approximate surface area is 123 Å². The third-order valence-corrected chi connectivity index (χ3v) is 2.91. The highest BCUT2D eigenvalue weighted by atomic mass is 79.9. The molecule has 3 nitrogen and oxygen atoms in total. The van der Waals surface area contributed by atoms with Gasteiger partial charge in [0.05, 0.1) is 0 Å². The Morgan fingerprint density at radius 1 is 1.00 bits per heavy atom. The molecule has 2 rings (SSSR count). The van der Waals surface area contributed by atoms with Gasteiger partial charge in [-0.05, 0) is 36.4 Å². The maximum absolute atomic E-state index is 13.4. The second-order valence-corrected chi connectivity index (χ2v) is 4.88. The van der Waals surface area contributed by atoms with Crippen LogP contribution in [0.15, 0.2) is 40.9 Å². The monoisotopic (exact) mass is 343 g/mol. The zero-order valence-corrected chi connectivity index (χ0v) is 12.0. The lowest BCUT2D eigenvalue weighted by molar-refractivity contribution is 0.209. The molecule has 0 saturated heterocycles. The fraction of sp³-hybridized carbons (Fsp3) is 0.143. The van der Waals surface area contributed by atoms with Gasteiger partial charge in [0, 0.05) is 10.2 Å². The van der Waals surface area contributed by atoms with E-state index in [2.05, 4.69) is 15.9 Å². The highest BCUT2D eigenvalue weighted by Crippen LogP contribution is 2.25. The molecule has 0 fully saturated rings. The molecule has 2 aromatic rings. The van der Waals surface area contributed by atoms with Crippen LogP contribution in [0.3, 0.4) is 0 Å². The zero-order chi connectivity index (χ0) is 14.5. The largest absolute Gasteiger partial charge is 0.490 e. The summed E-state index contributed by atoms with van der Waals surface area (Å²) in [6, 6.07) is 9.25. The number of halogens is 3. The molecule has 0 atom stereocenters. The molecule has 0 aliphatic heterocycles. The van der Waals surface area contributed by atoms with Crippen LogP contribution in [0, 0.1) is 11.6 Å². The van der Waals surface area contributed by atoms with Crippen LogP contribution < -0.4 is 15.2 Å². The van der Waals surface area contributed by atoms with Crippen LogP contribution in [0.5, 0.6) is 11.5 Å². The molecule has 0 bridgehead atoms. The number of nitrogen functional groups attached to an aromatic ring is 1. The van der Waals surface area contributed by atoms with Crippen molar-refractivity contribution >= 4 is 21.6 Å². The van der Waals surface area contributed by atoms with Crippen LogP contribution in [0.1, 0.15) is 0 Å². The van der Waals surface area contributed by atoms with Gasteiger partial charge in [-0.2, -0.15) is 4.39 Å². The normalized spacial score (nSPS) is 10.3. The van der Waals surface area contributed by atoms with Crippen molar-refractivity contribution in [3.8, 4) is 11.5 Å². The van der Waals surface area contributed by atoms with Gasteiger partial charge >= 0.3 is 0 Å². The molecular weight excluding hydrogens is 332 g/mol. The molecule has 0 aromatic heterocycles. The van der Waals surface area contributed by atoms with Crippen LogP contribution in [0.4, 0.5) is 14.5 Å². The fourth-order valence-electron chi connectivity index (χ4n) is 1.51. The maximum atomic E-state index is 13.4. The fourth-order valence-corrected chi connectivity index (χ4v) is 1.92. The zero-order valence-electron chi connectivity index (χ0n) is 10.4. The van der Waals surface area contributed by atoms with Gasteiger partial charge in [-0.3, -0.25) is 0 Å². The van der Waals surface area contributed by atoms with Crippen molar-refractivity contribution in [1.82, 2.24) is 0 Å². The second kappa shape index (κ2) is 6.56. The number of hydrogen-bond acceptors (Lipinski definition) is 3. The van der Waals surface area contributed by atoms with E-state index >= 15 is 0 Å². The number of rotatable bonds is 5. The number of hydrogen-bond donors (Lipinski definition) is 1. The Hall–Kier alpha value is -1.82. The first kappa shape index (κ1) is 14.6. The van der Waals surface area contributed by atoms with Gasteiger partial charge in [0.2, 0.25) is 5.82 Å². The molecule has 0 heterocycles. The van der Waals surface area contributed by atoms with E-state index in [1.54, 1.807) is 24.3 Å². The lowest BCUT2D eigenvalue weighted by atomic mass is 10.3. The van der Waals surface area contributed by atoms with Crippen LogP contribution in [0.25, 0.3) is 0 Å². The van der Waals surface area contributed by atoms with Gasteiger partial charge in [-0.25, -0.2) is 4.39 Å². The van der Waals surface area contributed by atoms with E-state index in [0.717, 1.165) is 6.07 Å². The highest BCUT2D eigenvalue weighted by molar-refractivity contribution is 9.10. The van der Waals surface area contributed by atoms with Crippen molar-refractivity contribution in [2.45, 2.75) is 0 Å². The average molecular weight is 344 g/mol. The summed E-state index contributed by atoms with van der Waals surface area (Å²) >= 11 is 3.07. The first-order chi connectivity index (χ1) is 9.56. The van der Waals surface area contributed by atoms with Gasteiger partial charge in [-0.1, -0.05) is 15.9 Å². The molecule has 6 heteroatoms. The maximum Gasteiger partial charge on any atom is 0.200 e. The molecule has 0 aliphatic carbocycles. The van der Waals surface area contributed by atoms with Crippen molar-refractivity contribution in [2.75, 3.05) is 18.9 Å². The van der Waals surface area contributed by atoms with E-state index < -0.39 is 11.6 Å². The Morgan fingerprint density at radius 3 is 2.35 bits per heavy atom. The smallest absolute Gasteiger partial charge is 0.200 e. The van der Waals surface area contributed by atoms with Crippen LogP contribution in [-0.4, -0.2) is 13.2 Å². The van der Waals surface area contributed by atoms with E-state index in [1.807, 2.05) is 0 Å². The summed E-state index contributed by atoms with van der Waals surface area (Å²) in [6.45, 7) is 0.300. The van der Waals surface area contributed by atoms with Crippen LogP contribution in [0.2, 0.25) is 0 Å². The molecule has 0 radical (unpaired) electrons. The minimum absolute atomic E-state index is 0.0944. The van der Waals surface area contributed by atoms with Crippen molar-refractivity contribution in [2.24, 2.45) is 0 Å². The van der Waals surface area contributed by atoms with Gasteiger partial charge < -0.3 is 15.2 Å². The topological polar surface area (TPSA) is 44.5 Å². The number of anilines is 1. The molecule has 0 unspecified atom stereocenters. The molecule has 0 amide bonds. The minimum Gasteiger partial charge on any atom is -0.490 e. The van der Waals surface area contributed by atoms with Gasteiger partial charge in [0.15, 0.2) is 11.6 Å². The van der Waals surface area contributed by atoms with Gasteiger partial charge in [0.1, 0.15) is 19.0 Å². The summed E-state index contributed by atoms with van der Waals surface area (Å²) in [4.78, 5) is 0. The number of nitrogens with two attached hydrogens (primary N) is 1. The summed E-state index contributed by atoms with van der Waals surface area (Å²) in [5, 5.41) is 0. The molecule has 0 saturated carbocycles. The summed E-state index contributed by atoms with van der Waals surface area (Å²) < 4.78 is 37.5. The van der Waals surface area contributed by atoms with Gasteiger partial charge in [0.25, 0.3) is 0 Å². The third-order valence-electron chi connectivity index (χ3n) is 2.45. The number of benzene rings is 2. The molecule has 106 valence electrons. The molecular formula is C14H12BrF2NO2. The van der Waals surface area contributed by atoms with Gasteiger partial charge in [-0.15, -0.1) is 0 Å². The Kier molecular flexibility index (Phi) is 4.79. The predicted octanol–water partition coefficient (Wildman–Crippen LogP) is 3.77. The van der Waals surface area contributed by atoms with E-state index in [4.69, 9.17) is 15.2 Å². The van der Waals surface area contributed by atoms with E-state index in [9.17, 15) is 8.78 Å². The third kappa shape index (κ3) is 3.84. The standard InChI is InChI=1S/C14H12BrF2NO2/c15-9-7-12(16)14(17)13(8-9)20-6-5-19-11-3-1-10(18)2-4-11/h1-4,7-8H,5-6,18H2. The first-order valence-corrected chi connectivity index (χ1v) is 6.61. The lowest BCUT2D eigenvalue weighted by Gasteiger charge is -2.10. The summed E-state index contributed by atoms with van der Waals surface area (Å²) in [5.41, 5.74) is 6.18. The lowest BCUT2D eigenvalue weighted by Crippen LogP contribution is -2.10. The minimum atomic E-state index is -1.01. The van der Waals surface area contributed by atoms with Crippen molar-refractivity contribution in [1.29, 1.82) is 0 Å². The van der Waals surface area contributed by atoms with Crippen molar-refractivity contribution in [3.05, 3.63) is 52.5 Å². The average Bonchev–Trinajstić information content (AvgIpc) is 2.42. The molecule has 0 aliphatic rings. The van der Waals surface area contributed by atoms with E-state index in [0.29, 0.717) is 15.9 Å². The summed E-state index contributed by atoms with van der Waals surface area (Å²) in [6.07, 6.45) is 0. The molecule has 2 aromatic carbocycles. The Balaban J connectivity index is 1.86.